The van der Waals surface area contributed by atoms with E-state index in [4.69, 9.17) is 4.74 Å². The average Bonchev–Trinajstić information content (AvgIpc) is 3.12. The van der Waals surface area contributed by atoms with Crippen LogP contribution in [0.5, 0.6) is 0 Å². The van der Waals surface area contributed by atoms with Crippen molar-refractivity contribution in [3.05, 3.63) is 88.1 Å². The second-order valence-electron chi connectivity index (χ2n) is 6.80. The van der Waals surface area contributed by atoms with Crippen molar-refractivity contribution in [2.24, 2.45) is 0 Å². The van der Waals surface area contributed by atoms with E-state index >= 15 is 0 Å². The number of amides is 1. The Balaban J connectivity index is 1.39. The van der Waals surface area contributed by atoms with E-state index in [1.807, 2.05) is 22.9 Å². The van der Waals surface area contributed by atoms with Gasteiger partial charge >= 0.3 is 0 Å². The molecule has 1 aliphatic heterocycles. The summed E-state index contributed by atoms with van der Waals surface area (Å²) in [5, 5.41) is 7.54. The zero-order valence-corrected chi connectivity index (χ0v) is 15.5. The van der Waals surface area contributed by atoms with E-state index in [-0.39, 0.29) is 24.1 Å². The van der Waals surface area contributed by atoms with Crippen molar-refractivity contribution in [3.63, 3.8) is 0 Å². The normalized spacial score (nSPS) is 15.8. The molecule has 7 heteroatoms. The number of aromatic nitrogens is 3. The molecule has 1 unspecified atom stereocenters. The van der Waals surface area contributed by atoms with Gasteiger partial charge in [-0.2, -0.15) is 5.10 Å². The Kier molecular flexibility index (Phi) is 5.34. The largest absolute Gasteiger partial charge is 0.370 e. The number of nitrogens with zero attached hydrogens (tertiary/aromatic N) is 3. The van der Waals surface area contributed by atoms with Gasteiger partial charge in [-0.1, -0.05) is 36.4 Å². The lowest BCUT2D eigenvalue weighted by Gasteiger charge is -2.22. The molecule has 0 radical (unpaired) electrons. The van der Waals surface area contributed by atoms with Crippen LogP contribution in [0.3, 0.4) is 0 Å². The van der Waals surface area contributed by atoms with Crippen molar-refractivity contribution in [2.45, 2.75) is 25.6 Å². The molecule has 1 aliphatic rings. The van der Waals surface area contributed by atoms with Crippen molar-refractivity contribution in [3.8, 4) is 0 Å². The number of rotatable bonds is 6. The highest BCUT2D eigenvalue weighted by Gasteiger charge is 2.25. The van der Waals surface area contributed by atoms with Gasteiger partial charge in [0.25, 0.3) is 5.56 Å². The highest BCUT2D eigenvalue weighted by Crippen LogP contribution is 2.25. The molecular weight excluding hydrogens is 356 g/mol. The first kappa shape index (κ1) is 18.2. The number of pyridine rings is 1. The number of fused-ring (bicyclic) bond motifs is 1. The van der Waals surface area contributed by atoms with Crippen LogP contribution in [0.15, 0.2) is 65.7 Å². The van der Waals surface area contributed by atoms with Gasteiger partial charge in [-0.25, -0.2) is 0 Å². The third-order valence-corrected chi connectivity index (χ3v) is 4.75. The Hall–Kier alpha value is -3.19. The number of hydrogen-bond acceptors (Lipinski definition) is 4. The molecule has 28 heavy (non-hydrogen) atoms. The second-order valence-corrected chi connectivity index (χ2v) is 6.80. The van der Waals surface area contributed by atoms with Crippen LogP contribution in [0.4, 0.5) is 0 Å². The molecule has 3 aromatic rings. The maximum atomic E-state index is 12.2. The van der Waals surface area contributed by atoms with E-state index in [0.717, 1.165) is 17.7 Å². The SMILES string of the molecule is O=C(Cn1ccccc1=O)NCC1OCCc2cn(Cc3ccccc3)nc21. The molecule has 0 spiro atoms. The summed E-state index contributed by atoms with van der Waals surface area (Å²) in [7, 11) is 0. The second kappa shape index (κ2) is 8.22. The summed E-state index contributed by atoms with van der Waals surface area (Å²) < 4.78 is 9.13. The standard InChI is InChI=1S/C21H22N4O3/c26-19(15-24-10-5-4-8-20(24)27)22-12-18-21-17(9-11-28-18)14-25(23-21)13-16-6-2-1-3-7-16/h1-8,10,14,18H,9,11-13,15H2,(H,22,26). The molecule has 1 atom stereocenters. The van der Waals surface area contributed by atoms with Gasteiger partial charge in [-0.15, -0.1) is 0 Å². The van der Waals surface area contributed by atoms with Gasteiger partial charge in [0.1, 0.15) is 12.6 Å². The number of hydrogen-bond donors (Lipinski definition) is 1. The van der Waals surface area contributed by atoms with E-state index in [0.29, 0.717) is 19.7 Å². The van der Waals surface area contributed by atoms with Crippen molar-refractivity contribution < 1.29 is 9.53 Å². The third kappa shape index (κ3) is 4.20. The molecular formula is C21H22N4O3. The van der Waals surface area contributed by atoms with Crippen LogP contribution < -0.4 is 10.9 Å². The first-order chi connectivity index (χ1) is 13.7. The fourth-order valence-corrected chi connectivity index (χ4v) is 3.35. The van der Waals surface area contributed by atoms with Gasteiger partial charge in [0, 0.05) is 25.0 Å². The minimum absolute atomic E-state index is 0.0122. The molecule has 1 amide bonds. The molecule has 144 valence electrons. The van der Waals surface area contributed by atoms with Crippen molar-refractivity contribution >= 4 is 5.91 Å². The Bertz CT molecular complexity index is 1010. The average molecular weight is 378 g/mol. The maximum absolute atomic E-state index is 12.2. The van der Waals surface area contributed by atoms with Gasteiger partial charge in [-0.3, -0.25) is 14.3 Å². The molecule has 3 heterocycles. The van der Waals surface area contributed by atoms with Gasteiger partial charge in [0.05, 0.1) is 18.8 Å². The van der Waals surface area contributed by atoms with E-state index < -0.39 is 0 Å². The lowest BCUT2D eigenvalue weighted by molar-refractivity contribution is -0.122. The van der Waals surface area contributed by atoms with Gasteiger partial charge in [-0.05, 0) is 23.6 Å². The summed E-state index contributed by atoms with van der Waals surface area (Å²) >= 11 is 0. The fraction of sp³-hybridized carbons (Fsp3) is 0.286. The van der Waals surface area contributed by atoms with Gasteiger partial charge in [0.2, 0.25) is 5.91 Å². The van der Waals surface area contributed by atoms with Crippen molar-refractivity contribution in [1.29, 1.82) is 0 Å². The molecule has 0 saturated heterocycles. The summed E-state index contributed by atoms with van der Waals surface area (Å²) in [4.78, 5) is 23.9. The number of carbonyl (C=O) groups excluding carboxylic acids is 1. The lowest BCUT2D eigenvalue weighted by atomic mass is 10.1. The first-order valence-electron chi connectivity index (χ1n) is 9.33. The van der Waals surface area contributed by atoms with Crippen LogP contribution in [0.2, 0.25) is 0 Å². The molecule has 0 fully saturated rings. The molecule has 0 saturated carbocycles. The van der Waals surface area contributed by atoms with Crippen LogP contribution in [0.25, 0.3) is 0 Å². The summed E-state index contributed by atoms with van der Waals surface area (Å²) in [6, 6.07) is 15.0. The monoisotopic (exact) mass is 378 g/mol. The van der Waals surface area contributed by atoms with E-state index in [9.17, 15) is 9.59 Å². The Labute approximate surface area is 162 Å². The maximum Gasteiger partial charge on any atom is 0.250 e. The molecule has 0 bridgehead atoms. The number of benzene rings is 1. The van der Waals surface area contributed by atoms with Gasteiger partial charge < -0.3 is 14.6 Å². The summed E-state index contributed by atoms with van der Waals surface area (Å²) in [6.07, 6.45) is 4.19. The third-order valence-electron chi connectivity index (χ3n) is 4.75. The zero-order chi connectivity index (χ0) is 19.3. The molecule has 7 nitrogen and oxygen atoms in total. The van der Waals surface area contributed by atoms with E-state index in [1.54, 1.807) is 18.3 Å². The van der Waals surface area contributed by atoms with Crippen LogP contribution in [0, 0.1) is 0 Å². The number of ether oxygens (including phenoxy) is 1. The Morgan fingerprint density at radius 2 is 2.00 bits per heavy atom. The highest BCUT2D eigenvalue weighted by atomic mass is 16.5. The predicted molar refractivity (Wildman–Crippen MR) is 104 cm³/mol. The van der Waals surface area contributed by atoms with Gasteiger partial charge in [0.15, 0.2) is 0 Å². The van der Waals surface area contributed by atoms with Crippen molar-refractivity contribution in [2.75, 3.05) is 13.2 Å². The summed E-state index contributed by atoms with van der Waals surface area (Å²) in [5.41, 5.74) is 3.01. The molecule has 0 aliphatic carbocycles. The predicted octanol–water partition coefficient (Wildman–Crippen LogP) is 1.52. The summed E-state index contributed by atoms with van der Waals surface area (Å²) in [6.45, 7) is 1.62. The van der Waals surface area contributed by atoms with E-state index in [2.05, 4.69) is 28.7 Å². The Morgan fingerprint density at radius 3 is 2.82 bits per heavy atom. The van der Waals surface area contributed by atoms with Crippen LogP contribution in [-0.4, -0.2) is 33.4 Å². The van der Waals surface area contributed by atoms with E-state index in [1.165, 1.54) is 16.2 Å². The topological polar surface area (TPSA) is 78.1 Å². The number of nitrogens with one attached hydrogen (secondary N) is 1. The molecule has 1 N–H and O–H groups in total. The molecule has 4 rings (SSSR count). The smallest absolute Gasteiger partial charge is 0.250 e. The quantitative estimate of drug-likeness (QED) is 0.706. The van der Waals surface area contributed by atoms with Crippen LogP contribution in [-0.2, 0) is 29.0 Å². The fourth-order valence-electron chi connectivity index (χ4n) is 3.35. The molecule has 2 aromatic heterocycles. The van der Waals surface area contributed by atoms with Crippen LogP contribution >= 0.6 is 0 Å². The van der Waals surface area contributed by atoms with Crippen LogP contribution in [0.1, 0.15) is 22.9 Å². The minimum Gasteiger partial charge on any atom is -0.370 e. The highest BCUT2D eigenvalue weighted by molar-refractivity contribution is 5.75. The van der Waals surface area contributed by atoms with Crippen molar-refractivity contribution in [1.82, 2.24) is 19.7 Å². The Morgan fingerprint density at radius 1 is 1.18 bits per heavy atom. The minimum atomic E-state index is -0.280. The zero-order valence-electron chi connectivity index (χ0n) is 15.5. The lowest BCUT2D eigenvalue weighted by Crippen LogP contribution is -2.35. The first-order valence-corrected chi connectivity index (χ1v) is 9.33. The number of carbonyl (C=O) groups is 1. The molecule has 1 aromatic carbocycles. The summed E-state index contributed by atoms with van der Waals surface area (Å²) in [5.74, 6) is -0.229.